The van der Waals surface area contributed by atoms with E-state index in [1.807, 2.05) is 24.3 Å². The van der Waals surface area contributed by atoms with E-state index < -0.39 is 17.4 Å². The Labute approximate surface area is 201 Å². The van der Waals surface area contributed by atoms with E-state index in [0.717, 1.165) is 5.56 Å². The number of carboxylic acids is 1. The number of carboxylic acid groups (broad SMARTS) is 1. The molecular formula is C24H23Cl2N2O5. The molecule has 0 unspecified atom stereocenters. The third kappa shape index (κ3) is 5.31. The molecule has 1 fully saturated rings. The maximum atomic E-state index is 12.8. The Morgan fingerprint density at radius 3 is 2.45 bits per heavy atom. The van der Waals surface area contributed by atoms with Gasteiger partial charge in [0.2, 0.25) is 11.8 Å². The van der Waals surface area contributed by atoms with Gasteiger partial charge in [-0.2, -0.15) is 0 Å². The van der Waals surface area contributed by atoms with Crippen molar-refractivity contribution in [2.75, 3.05) is 20.2 Å². The zero-order valence-corrected chi connectivity index (χ0v) is 19.7. The molecule has 173 valence electrons. The fraction of sp³-hybridized carbons (Fsp3) is 0.292. The van der Waals surface area contributed by atoms with Crippen LogP contribution in [0.15, 0.2) is 36.4 Å². The van der Waals surface area contributed by atoms with Crippen LogP contribution in [-0.4, -0.2) is 53.5 Å². The predicted octanol–water partition coefficient (Wildman–Crippen LogP) is 4.06. The van der Waals surface area contributed by atoms with Crippen LogP contribution in [0.25, 0.3) is 17.2 Å². The number of para-hydroxylation sites is 1. The molecule has 0 spiro atoms. The van der Waals surface area contributed by atoms with Crippen LogP contribution in [0.5, 0.6) is 5.75 Å². The molecule has 33 heavy (non-hydrogen) atoms. The topological polar surface area (TPSA) is 95.9 Å². The molecule has 2 aromatic rings. The molecule has 2 aromatic carbocycles. The quantitative estimate of drug-likeness (QED) is 0.596. The Bertz CT molecular complexity index is 1110. The zero-order valence-electron chi connectivity index (χ0n) is 18.2. The van der Waals surface area contributed by atoms with Crippen molar-refractivity contribution in [3.05, 3.63) is 58.1 Å². The molecule has 3 rings (SSSR count). The molecule has 9 heteroatoms. The lowest BCUT2D eigenvalue weighted by Crippen LogP contribution is -2.60. The van der Waals surface area contributed by atoms with Crippen molar-refractivity contribution < 1.29 is 24.2 Å². The van der Waals surface area contributed by atoms with Crippen molar-refractivity contribution in [3.63, 3.8) is 0 Å². The van der Waals surface area contributed by atoms with Crippen LogP contribution >= 0.6 is 23.2 Å². The first-order chi connectivity index (χ1) is 15.7. The van der Waals surface area contributed by atoms with Gasteiger partial charge in [-0.1, -0.05) is 41.4 Å². The summed E-state index contributed by atoms with van der Waals surface area (Å²) in [5.74, 6) is -1.20. The Morgan fingerprint density at radius 2 is 1.85 bits per heavy atom. The van der Waals surface area contributed by atoms with Gasteiger partial charge in [-0.05, 0) is 36.6 Å². The minimum Gasteiger partial charge on any atom is -0.496 e. The van der Waals surface area contributed by atoms with Gasteiger partial charge in [0.05, 0.1) is 17.2 Å². The van der Waals surface area contributed by atoms with E-state index in [-0.39, 0.29) is 41.9 Å². The van der Waals surface area contributed by atoms with E-state index >= 15 is 0 Å². The fourth-order valence-corrected chi connectivity index (χ4v) is 4.24. The average molecular weight is 490 g/mol. The van der Waals surface area contributed by atoms with Gasteiger partial charge in [-0.3, -0.25) is 9.59 Å². The number of benzene rings is 2. The van der Waals surface area contributed by atoms with Gasteiger partial charge in [0, 0.05) is 43.3 Å². The maximum absolute atomic E-state index is 12.8. The highest BCUT2D eigenvalue weighted by molar-refractivity contribution is 6.43. The monoisotopic (exact) mass is 489 g/mol. The maximum Gasteiger partial charge on any atom is 0.329 e. The second-order valence-corrected chi connectivity index (χ2v) is 8.43. The van der Waals surface area contributed by atoms with Crippen molar-refractivity contribution in [2.24, 2.45) is 0 Å². The van der Waals surface area contributed by atoms with Crippen LogP contribution in [0.2, 0.25) is 10.0 Å². The second-order valence-electron chi connectivity index (χ2n) is 7.67. The first kappa shape index (κ1) is 24.6. The summed E-state index contributed by atoms with van der Waals surface area (Å²) in [7, 11) is 1.56. The number of methoxy groups -OCH3 is 1. The van der Waals surface area contributed by atoms with Gasteiger partial charge in [-0.15, -0.1) is 0 Å². The fourth-order valence-electron chi connectivity index (χ4n) is 3.86. The van der Waals surface area contributed by atoms with Gasteiger partial charge < -0.3 is 20.1 Å². The largest absolute Gasteiger partial charge is 0.496 e. The van der Waals surface area contributed by atoms with Crippen LogP contribution in [-0.2, 0) is 14.4 Å². The van der Waals surface area contributed by atoms with Gasteiger partial charge in [0.25, 0.3) is 0 Å². The third-order valence-corrected chi connectivity index (χ3v) is 6.39. The minimum atomic E-state index is -1.37. The number of aliphatic carboxylic acids is 1. The number of carbonyl (C=O) groups excluding carboxylic acids is 2. The number of rotatable bonds is 6. The number of halogens is 2. The van der Waals surface area contributed by atoms with Crippen LogP contribution in [0.3, 0.4) is 0 Å². The molecule has 0 saturated carbocycles. The van der Waals surface area contributed by atoms with Crippen LogP contribution in [0.4, 0.5) is 0 Å². The third-order valence-electron chi connectivity index (χ3n) is 5.61. The van der Waals surface area contributed by atoms with E-state index in [1.165, 1.54) is 17.9 Å². The highest BCUT2D eigenvalue weighted by Crippen LogP contribution is 2.38. The Hall–Kier alpha value is -3.03. The molecule has 0 aromatic heterocycles. The number of ether oxygens (including phenoxy) is 1. The Morgan fingerprint density at radius 1 is 1.18 bits per heavy atom. The molecule has 1 aliphatic heterocycles. The van der Waals surface area contributed by atoms with Crippen molar-refractivity contribution >= 4 is 47.1 Å². The molecule has 0 bridgehead atoms. The molecule has 0 aliphatic carbocycles. The Balaban J connectivity index is 1.84. The van der Waals surface area contributed by atoms with Crippen molar-refractivity contribution in [3.8, 4) is 16.9 Å². The van der Waals surface area contributed by atoms with E-state index in [9.17, 15) is 19.5 Å². The summed E-state index contributed by atoms with van der Waals surface area (Å²) in [5, 5.41) is 12.6. The molecule has 1 heterocycles. The number of carbonyl (C=O) groups is 3. The molecule has 2 N–H and O–H groups in total. The van der Waals surface area contributed by atoms with Crippen molar-refractivity contribution in [2.45, 2.75) is 25.3 Å². The highest BCUT2D eigenvalue weighted by atomic mass is 35.5. The summed E-state index contributed by atoms with van der Waals surface area (Å²) in [6.45, 7) is 1.65. The van der Waals surface area contributed by atoms with Crippen LogP contribution in [0.1, 0.15) is 25.3 Å². The summed E-state index contributed by atoms with van der Waals surface area (Å²) in [4.78, 5) is 37.5. The number of piperidine rings is 1. The van der Waals surface area contributed by atoms with Crippen molar-refractivity contribution in [1.29, 1.82) is 0 Å². The lowest BCUT2D eigenvalue weighted by molar-refractivity contribution is -0.151. The molecular weight excluding hydrogens is 467 g/mol. The van der Waals surface area contributed by atoms with E-state index in [1.54, 1.807) is 19.3 Å². The summed E-state index contributed by atoms with van der Waals surface area (Å²) in [6.07, 6.45) is 3.18. The predicted molar refractivity (Wildman–Crippen MR) is 126 cm³/mol. The zero-order chi connectivity index (χ0) is 24.2. The van der Waals surface area contributed by atoms with Crippen LogP contribution < -0.4 is 10.1 Å². The number of likely N-dealkylation sites (tertiary alicyclic amines) is 1. The molecule has 2 amide bonds. The molecule has 0 atom stereocenters. The summed E-state index contributed by atoms with van der Waals surface area (Å²) < 4.78 is 5.44. The Kier molecular flexibility index (Phi) is 7.66. The lowest BCUT2D eigenvalue weighted by atomic mass is 9.87. The summed E-state index contributed by atoms with van der Waals surface area (Å²) in [6, 6.07) is 12.0. The standard InChI is InChI=1S/C24H23Cl2N2O5/c1-15(29)27-24(23(31)32)11-13-28(14-12-24)21(30)10-8-18-16(7-9-19(25)22(18)26)17-5-3-4-6-20(17)33-2/h3-8,10H,11-14H2,1-2H3,(H,27,29)(H,31,32)/b10-8+. The first-order valence-corrected chi connectivity index (χ1v) is 11.0. The number of nitrogens with zero attached hydrogens (tertiary/aromatic N) is 1. The normalized spacial score (nSPS) is 15.3. The molecule has 1 radical (unpaired) electrons. The first-order valence-electron chi connectivity index (χ1n) is 10.2. The SMILES string of the molecule is COc1ccccc1-c1c[c]c(Cl)c(Cl)c1/C=C/C(=O)N1CCC(NC(C)=O)(C(=O)O)CC1. The van der Waals surface area contributed by atoms with Gasteiger partial charge >= 0.3 is 5.97 Å². The van der Waals surface area contributed by atoms with E-state index in [0.29, 0.717) is 16.9 Å². The van der Waals surface area contributed by atoms with E-state index in [4.69, 9.17) is 27.9 Å². The number of nitrogens with one attached hydrogen (secondary N) is 1. The molecule has 1 aliphatic rings. The minimum absolute atomic E-state index is 0.112. The number of hydrogen-bond donors (Lipinski definition) is 2. The summed E-state index contributed by atoms with van der Waals surface area (Å²) >= 11 is 12.6. The van der Waals surface area contributed by atoms with Crippen LogP contribution in [0, 0.1) is 6.07 Å². The second kappa shape index (κ2) is 10.3. The molecule has 7 nitrogen and oxygen atoms in total. The number of amides is 2. The van der Waals surface area contributed by atoms with Gasteiger partial charge in [0.15, 0.2) is 0 Å². The number of hydrogen-bond acceptors (Lipinski definition) is 4. The lowest BCUT2D eigenvalue weighted by Gasteiger charge is -2.38. The smallest absolute Gasteiger partial charge is 0.329 e. The van der Waals surface area contributed by atoms with Gasteiger partial charge in [-0.25, -0.2) is 4.79 Å². The van der Waals surface area contributed by atoms with E-state index in [2.05, 4.69) is 11.4 Å². The van der Waals surface area contributed by atoms with Crippen molar-refractivity contribution in [1.82, 2.24) is 10.2 Å². The molecule has 1 saturated heterocycles. The average Bonchev–Trinajstić information content (AvgIpc) is 2.79. The summed E-state index contributed by atoms with van der Waals surface area (Å²) in [5.41, 5.74) is 0.630. The highest BCUT2D eigenvalue weighted by Gasteiger charge is 2.42. The van der Waals surface area contributed by atoms with Gasteiger partial charge in [0.1, 0.15) is 11.3 Å².